The van der Waals surface area contributed by atoms with E-state index in [1.165, 1.54) is 32.5 Å². The molecule has 2 atom stereocenters. The molecule has 1 aromatic carbocycles. The molecule has 3 rings (SSSR count). The molecule has 1 aliphatic rings. The zero-order chi connectivity index (χ0) is 23.3. The van der Waals surface area contributed by atoms with E-state index >= 15 is 0 Å². The summed E-state index contributed by atoms with van der Waals surface area (Å²) in [5.74, 6) is 0.313. The zero-order valence-corrected chi connectivity index (χ0v) is 18.5. The van der Waals surface area contributed by atoms with Crippen molar-refractivity contribution < 1.29 is 33.0 Å². The molecule has 2 heterocycles. The first kappa shape index (κ1) is 23.0. The number of carbonyl (C=O) groups excluding carboxylic acids is 3. The summed E-state index contributed by atoms with van der Waals surface area (Å²) in [7, 11) is 4.47. The lowest BCUT2D eigenvalue weighted by atomic mass is 10.1. The van der Waals surface area contributed by atoms with Crippen LogP contribution in [-0.2, 0) is 20.9 Å². The molecular formula is C22H27N3O7. The molecule has 10 heteroatoms. The van der Waals surface area contributed by atoms with Gasteiger partial charge in [0, 0.05) is 25.1 Å². The first-order chi connectivity index (χ1) is 15.4. The lowest BCUT2D eigenvalue weighted by molar-refractivity contribution is -0.131. The molecule has 10 nitrogen and oxygen atoms in total. The fourth-order valence-electron chi connectivity index (χ4n) is 3.49. The summed E-state index contributed by atoms with van der Waals surface area (Å²) in [5, 5.41) is 5.37. The second-order valence-electron chi connectivity index (χ2n) is 7.32. The van der Waals surface area contributed by atoms with E-state index in [9.17, 15) is 14.4 Å². The highest BCUT2D eigenvalue weighted by atomic mass is 16.5. The third kappa shape index (κ3) is 4.96. The van der Waals surface area contributed by atoms with E-state index in [4.69, 9.17) is 18.6 Å². The van der Waals surface area contributed by atoms with Crippen LogP contribution in [0.1, 0.15) is 19.1 Å². The van der Waals surface area contributed by atoms with Gasteiger partial charge in [0.1, 0.15) is 11.8 Å². The van der Waals surface area contributed by atoms with Gasteiger partial charge in [-0.15, -0.1) is 0 Å². The molecule has 1 aromatic heterocycles. The van der Waals surface area contributed by atoms with Gasteiger partial charge in [0.15, 0.2) is 11.5 Å². The van der Waals surface area contributed by atoms with E-state index in [-0.39, 0.29) is 37.2 Å². The molecule has 0 spiro atoms. The third-order valence-electron chi connectivity index (χ3n) is 5.23. The van der Waals surface area contributed by atoms with Gasteiger partial charge in [0.05, 0.1) is 45.7 Å². The Balaban J connectivity index is 1.63. The number of rotatable bonds is 9. The topological polar surface area (TPSA) is 119 Å². The first-order valence-electron chi connectivity index (χ1n) is 10.1. The van der Waals surface area contributed by atoms with E-state index in [0.29, 0.717) is 28.7 Å². The Bertz CT molecular complexity index is 949. The molecule has 0 saturated carbocycles. The maximum absolute atomic E-state index is 12.7. The lowest BCUT2D eigenvalue weighted by Crippen LogP contribution is -2.46. The SMILES string of the molecule is COc1cc(N2C[C@@H](C(=O)N[C@@H](C)C(=O)NCc3ccco3)CC2=O)cc(OC)c1OC. The molecule has 1 fully saturated rings. The van der Waals surface area contributed by atoms with Crippen molar-refractivity contribution in [2.24, 2.45) is 5.92 Å². The fourth-order valence-corrected chi connectivity index (χ4v) is 3.49. The monoisotopic (exact) mass is 445 g/mol. The van der Waals surface area contributed by atoms with Gasteiger partial charge in [-0.1, -0.05) is 0 Å². The van der Waals surface area contributed by atoms with Crippen molar-refractivity contribution in [2.75, 3.05) is 32.8 Å². The van der Waals surface area contributed by atoms with Gasteiger partial charge in [-0.05, 0) is 19.1 Å². The Morgan fingerprint density at radius 1 is 1.19 bits per heavy atom. The molecule has 32 heavy (non-hydrogen) atoms. The summed E-state index contributed by atoms with van der Waals surface area (Å²) in [6, 6.07) is 6.02. The van der Waals surface area contributed by atoms with Gasteiger partial charge in [-0.3, -0.25) is 14.4 Å². The largest absolute Gasteiger partial charge is 0.493 e. The highest BCUT2D eigenvalue weighted by molar-refractivity contribution is 6.01. The molecule has 172 valence electrons. The molecule has 1 saturated heterocycles. The second kappa shape index (κ2) is 10.1. The molecule has 0 unspecified atom stereocenters. The molecule has 1 aliphatic heterocycles. The van der Waals surface area contributed by atoms with E-state index in [1.54, 1.807) is 31.2 Å². The average Bonchev–Trinajstić information content (AvgIpc) is 3.45. The molecular weight excluding hydrogens is 418 g/mol. The van der Waals surface area contributed by atoms with Crippen LogP contribution in [0.25, 0.3) is 0 Å². The van der Waals surface area contributed by atoms with E-state index < -0.39 is 12.0 Å². The van der Waals surface area contributed by atoms with Crippen LogP contribution in [0, 0.1) is 5.92 Å². The van der Waals surface area contributed by atoms with Gasteiger partial charge in [-0.25, -0.2) is 0 Å². The summed E-state index contributed by atoms with van der Waals surface area (Å²) in [6.45, 7) is 1.98. The summed E-state index contributed by atoms with van der Waals surface area (Å²) in [5.41, 5.74) is 0.532. The number of nitrogens with one attached hydrogen (secondary N) is 2. The third-order valence-corrected chi connectivity index (χ3v) is 5.23. The van der Waals surface area contributed by atoms with Crippen LogP contribution in [0.5, 0.6) is 17.2 Å². The Labute approximate surface area is 185 Å². The van der Waals surface area contributed by atoms with Gasteiger partial charge in [0.2, 0.25) is 23.5 Å². The van der Waals surface area contributed by atoms with E-state index in [0.717, 1.165) is 0 Å². The predicted molar refractivity (Wildman–Crippen MR) is 115 cm³/mol. The highest BCUT2D eigenvalue weighted by Crippen LogP contribution is 2.42. The van der Waals surface area contributed by atoms with Crippen molar-refractivity contribution in [1.82, 2.24) is 10.6 Å². The van der Waals surface area contributed by atoms with Crippen LogP contribution in [0.3, 0.4) is 0 Å². The van der Waals surface area contributed by atoms with Crippen LogP contribution in [0.4, 0.5) is 5.69 Å². The Morgan fingerprint density at radius 2 is 1.88 bits per heavy atom. The normalized spacial score (nSPS) is 16.4. The minimum absolute atomic E-state index is 0.0310. The molecule has 3 amide bonds. The summed E-state index contributed by atoms with van der Waals surface area (Å²) >= 11 is 0. The summed E-state index contributed by atoms with van der Waals surface area (Å²) < 4.78 is 21.2. The number of benzene rings is 1. The molecule has 2 aromatic rings. The summed E-state index contributed by atoms with van der Waals surface area (Å²) in [6.07, 6.45) is 1.55. The maximum atomic E-state index is 12.7. The molecule has 0 radical (unpaired) electrons. The standard InChI is InChI=1S/C22H27N3O7/c1-13(21(27)23-11-16-6-5-7-32-16)24-22(28)14-8-19(26)25(12-14)15-9-17(29-2)20(31-4)18(10-15)30-3/h5-7,9-10,13-14H,8,11-12H2,1-4H3,(H,23,27)(H,24,28)/t13-,14-/m0/s1. The predicted octanol–water partition coefficient (Wildman–Crippen LogP) is 1.48. The Morgan fingerprint density at radius 3 is 2.44 bits per heavy atom. The minimum Gasteiger partial charge on any atom is -0.493 e. The minimum atomic E-state index is -0.761. The molecule has 0 aliphatic carbocycles. The maximum Gasteiger partial charge on any atom is 0.242 e. The average molecular weight is 445 g/mol. The van der Waals surface area contributed by atoms with Crippen molar-refractivity contribution in [3.8, 4) is 17.2 Å². The summed E-state index contributed by atoms with van der Waals surface area (Å²) in [4.78, 5) is 39.1. The van der Waals surface area contributed by atoms with Crippen LogP contribution in [-0.4, -0.2) is 51.6 Å². The number of methoxy groups -OCH3 is 3. The van der Waals surface area contributed by atoms with E-state index in [2.05, 4.69) is 10.6 Å². The fraction of sp³-hybridized carbons (Fsp3) is 0.409. The van der Waals surface area contributed by atoms with E-state index in [1.807, 2.05) is 0 Å². The number of ether oxygens (including phenoxy) is 3. The number of carbonyl (C=O) groups is 3. The number of furan rings is 1. The Kier molecular flexibility index (Phi) is 7.24. The van der Waals surface area contributed by atoms with Gasteiger partial charge in [-0.2, -0.15) is 0 Å². The van der Waals surface area contributed by atoms with Crippen LogP contribution < -0.4 is 29.7 Å². The van der Waals surface area contributed by atoms with Crippen molar-refractivity contribution in [2.45, 2.75) is 25.9 Å². The van der Waals surface area contributed by atoms with Crippen molar-refractivity contribution in [3.05, 3.63) is 36.3 Å². The number of amides is 3. The first-order valence-corrected chi connectivity index (χ1v) is 10.1. The zero-order valence-electron chi connectivity index (χ0n) is 18.5. The highest BCUT2D eigenvalue weighted by Gasteiger charge is 2.36. The van der Waals surface area contributed by atoms with Gasteiger partial charge < -0.3 is 34.2 Å². The lowest BCUT2D eigenvalue weighted by Gasteiger charge is -2.21. The van der Waals surface area contributed by atoms with Gasteiger partial charge in [0.25, 0.3) is 0 Å². The van der Waals surface area contributed by atoms with Gasteiger partial charge >= 0.3 is 0 Å². The Hall–Kier alpha value is -3.69. The quantitative estimate of drug-likeness (QED) is 0.600. The molecule has 0 bridgehead atoms. The van der Waals surface area contributed by atoms with Crippen LogP contribution in [0.2, 0.25) is 0 Å². The van der Waals surface area contributed by atoms with Crippen molar-refractivity contribution in [3.63, 3.8) is 0 Å². The number of nitrogens with zero attached hydrogens (tertiary/aromatic N) is 1. The van der Waals surface area contributed by atoms with Crippen LogP contribution >= 0.6 is 0 Å². The second-order valence-corrected chi connectivity index (χ2v) is 7.32. The number of anilines is 1. The van der Waals surface area contributed by atoms with Crippen molar-refractivity contribution in [1.29, 1.82) is 0 Å². The number of hydrogen-bond donors (Lipinski definition) is 2. The number of hydrogen-bond acceptors (Lipinski definition) is 7. The van der Waals surface area contributed by atoms with Crippen molar-refractivity contribution >= 4 is 23.4 Å². The molecule has 2 N–H and O–H groups in total. The van der Waals surface area contributed by atoms with Crippen LogP contribution in [0.15, 0.2) is 34.9 Å². The smallest absolute Gasteiger partial charge is 0.242 e.